The summed E-state index contributed by atoms with van der Waals surface area (Å²) < 4.78 is 28.4. The summed E-state index contributed by atoms with van der Waals surface area (Å²) in [4.78, 5) is 26.2. The Morgan fingerprint density at radius 2 is 2.32 bits per heavy atom. The molecule has 1 aromatic rings. The summed E-state index contributed by atoms with van der Waals surface area (Å²) in [5.41, 5.74) is 0. The van der Waals surface area contributed by atoms with Crippen LogP contribution in [-0.2, 0) is 19.4 Å². The highest BCUT2D eigenvalue weighted by Crippen LogP contribution is 2.32. The molecule has 2 fully saturated rings. The summed E-state index contributed by atoms with van der Waals surface area (Å²) in [5, 5.41) is 2.70. The van der Waals surface area contributed by atoms with Gasteiger partial charge in [-0.05, 0) is 18.6 Å². The Kier molecular flexibility index (Phi) is 5.30. The molecule has 3 rings (SSSR count). The van der Waals surface area contributed by atoms with Gasteiger partial charge in [0.25, 0.3) is 5.91 Å². The molecule has 0 unspecified atom stereocenters. The summed E-state index contributed by atoms with van der Waals surface area (Å²) in [6, 6.07) is 3.11. The van der Waals surface area contributed by atoms with Gasteiger partial charge in [0.2, 0.25) is 5.91 Å². The van der Waals surface area contributed by atoms with E-state index in [1.54, 1.807) is 18.2 Å². The Morgan fingerprint density at radius 1 is 1.52 bits per heavy atom. The minimum absolute atomic E-state index is 0.0221. The predicted octanol–water partition coefficient (Wildman–Crippen LogP) is 1.17. The minimum atomic E-state index is -3.04. The third-order valence-electron chi connectivity index (χ3n) is 3.85. The van der Waals surface area contributed by atoms with E-state index in [9.17, 15) is 18.0 Å². The molecule has 0 saturated carbocycles. The van der Waals surface area contributed by atoms with Crippen molar-refractivity contribution >= 4 is 56.0 Å². The molecule has 0 radical (unpaired) electrons. The zero-order chi connectivity index (χ0) is 18.0. The molecule has 2 saturated heterocycles. The van der Waals surface area contributed by atoms with Crippen LogP contribution in [-0.4, -0.2) is 53.5 Å². The first-order valence-electron chi connectivity index (χ1n) is 7.63. The third-order valence-corrected chi connectivity index (χ3v) is 7.00. The third kappa shape index (κ3) is 4.50. The fourth-order valence-electron chi connectivity index (χ4n) is 2.62. The van der Waals surface area contributed by atoms with Crippen LogP contribution in [0.1, 0.15) is 18.6 Å². The molecule has 1 aromatic heterocycles. The first kappa shape index (κ1) is 18.2. The lowest BCUT2D eigenvalue weighted by atomic mass is 10.2. The smallest absolute Gasteiger partial charge is 0.266 e. The van der Waals surface area contributed by atoms with E-state index in [0.29, 0.717) is 21.4 Å². The highest BCUT2D eigenvalue weighted by molar-refractivity contribution is 8.26. The Morgan fingerprint density at radius 3 is 2.96 bits per heavy atom. The molecule has 2 aliphatic rings. The summed E-state index contributed by atoms with van der Waals surface area (Å²) in [5.74, 6) is 0.0881. The monoisotopic (exact) mass is 400 g/mol. The van der Waals surface area contributed by atoms with Crippen molar-refractivity contribution in [2.24, 2.45) is 0 Å². The lowest BCUT2D eigenvalue weighted by Gasteiger charge is -2.15. The molecule has 0 bridgehead atoms. The van der Waals surface area contributed by atoms with Gasteiger partial charge in [-0.15, -0.1) is 0 Å². The number of thioether (sulfide) groups is 1. The Bertz CT molecular complexity index is 829. The quantitative estimate of drug-likeness (QED) is 0.585. The van der Waals surface area contributed by atoms with E-state index >= 15 is 0 Å². The summed E-state index contributed by atoms with van der Waals surface area (Å²) in [7, 11) is -3.04. The Balaban J connectivity index is 1.53. The summed E-state index contributed by atoms with van der Waals surface area (Å²) in [6.45, 7) is 0.158. The zero-order valence-electron chi connectivity index (χ0n) is 13.1. The highest BCUT2D eigenvalue weighted by atomic mass is 32.2. The van der Waals surface area contributed by atoms with E-state index in [1.807, 2.05) is 0 Å². The molecule has 7 nitrogen and oxygen atoms in total. The van der Waals surface area contributed by atoms with Gasteiger partial charge in [0.05, 0.1) is 22.7 Å². The number of carbonyl (C=O) groups excluding carboxylic acids is 2. The molecule has 0 aliphatic carbocycles. The van der Waals surface area contributed by atoms with Gasteiger partial charge in [0.15, 0.2) is 9.84 Å². The number of furan rings is 1. The van der Waals surface area contributed by atoms with Crippen molar-refractivity contribution in [2.45, 2.75) is 18.9 Å². The van der Waals surface area contributed by atoms with E-state index in [-0.39, 0.29) is 42.3 Å². The van der Waals surface area contributed by atoms with E-state index in [2.05, 4.69) is 5.32 Å². The van der Waals surface area contributed by atoms with Crippen LogP contribution in [0.15, 0.2) is 27.7 Å². The standard InChI is InChI=1S/C15H16N2O5S3/c18-13(16-10-4-7-25(20,21)9-10)3-5-17-14(19)12(24-15(17)23)8-11-2-1-6-22-11/h1-2,6,8,10H,3-5,7,9H2,(H,16,18)/b12-8-/t10-/m1/s1. The number of amides is 2. The molecular formula is C15H16N2O5S3. The van der Waals surface area contributed by atoms with Crippen molar-refractivity contribution in [2.75, 3.05) is 18.1 Å². The second-order valence-corrected chi connectivity index (χ2v) is 9.67. The number of nitrogens with one attached hydrogen (secondary N) is 1. The second kappa shape index (κ2) is 7.30. The van der Waals surface area contributed by atoms with Gasteiger partial charge >= 0.3 is 0 Å². The predicted molar refractivity (Wildman–Crippen MR) is 98.4 cm³/mol. The van der Waals surface area contributed by atoms with E-state index in [4.69, 9.17) is 16.6 Å². The average Bonchev–Trinajstić information content (AvgIpc) is 3.21. The lowest BCUT2D eigenvalue weighted by molar-refractivity contribution is -0.124. The van der Waals surface area contributed by atoms with E-state index < -0.39 is 9.84 Å². The molecular weight excluding hydrogens is 384 g/mol. The van der Waals surface area contributed by atoms with Crippen LogP contribution >= 0.6 is 24.0 Å². The van der Waals surface area contributed by atoms with Crippen molar-refractivity contribution < 1.29 is 22.4 Å². The van der Waals surface area contributed by atoms with E-state index in [0.717, 1.165) is 11.8 Å². The summed E-state index contributed by atoms with van der Waals surface area (Å²) in [6.07, 6.45) is 3.63. The van der Waals surface area contributed by atoms with Crippen molar-refractivity contribution in [1.82, 2.24) is 10.2 Å². The second-order valence-electron chi connectivity index (χ2n) is 5.77. The van der Waals surface area contributed by atoms with Crippen molar-refractivity contribution in [3.05, 3.63) is 29.1 Å². The maximum atomic E-state index is 12.4. The molecule has 10 heteroatoms. The number of thiocarbonyl (C=S) groups is 1. The Labute approximate surface area is 154 Å². The maximum absolute atomic E-state index is 12.4. The number of hydrogen-bond donors (Lipinski definition) is 1. The largest absolute Gasteiger partial charge is 0.465 e. The fraction of sp³-hybridized carbons (Fsp3) is 0.400. The maximum Gasteiger partial charge on any atom is 0.266 e. The first-order valence-corrected chi connectivity index (χ1v) is 10.7. The van der Waals surface area contributed by atoms with Crippen LogP contribution in [0.2, 0.25) is 0 Å². The fourth-order valence-corrected chi connectivity index (χ4v) is 5.58. The van der Waals surface area contributed by atoms with Crippen LogP contribution in [0, 0.1) is 0 Å². The topological polar surface area (TPSA) is 96.7 Å². The molecule has 0 aromatic carbocycles. The average molecular weight is 401 g/mol. The van der Waals surface area contributed by atoms with Gasteiger partial charge in [-0.25, -0.2) is 8.42 Å². The highest BCUT2D eigenvalue weighted by Gasteiger charge is 2.33. The lowest BCUT2D eigenvalue weighted by Crippen LogP contribution is -2.38. The number of carbonyl (C=O) groups is 2. The molecule has 3 heterocycles. The Hall–Kier alpha value is -1.65. The van der Waals surface area contributed by atoms with Gasteiger partial charge in [-0.3, -0.25) is 14.5 Å². The first-order chi connectivity index (χ1) is 11.8. The van der Waals surface area contributed by atoms with Crippen LogP contribution in [0.3, 0.4) is 0 Å². The molecule has 2 aliphatic heterocycles. The number of sulfone groups is 1. The molecule has 134 valence electrons. The van der Waals surface area contributed by atoms with Crippen LogP contribution in [0.4, 0.5) is 0 Å². The minimum Gasteiger partial charge on any atom is -0.465 e. The van der Waals surface area contributed by atoms with Crippen LogP contribution < -0.4 is 5.32 Å². The van der Waals surface area contributed by atoms with E-state index in [1.165, 1.54) is 11.2 Å². The van der Waals surface area contributed by atoms with Crippen LogP contribution in [0.5, 0.6) is 0 Å². The number of rotatable bonds is 5. The zero-order valence-corrected chi connectivity index (χ0v) is 15.6. The van der Waals surface area contributed by atoms with Gasteiger partial charge < -0.3 is 9.73 Å². The molecule has 1 atom stereocenters. The molecule has 1 N–H and O–H groups in total. The van der Waals surface area contributed by atoms with Gasteiger partial charge in [0.1, 0.15) is 10.1 Å². The van der Waals surface area contributed by atoms with Crippen LogP contribution in [0.25, 0.3) is 6.08 Å². The number of hydrogen-bond acceptors (Lipinski definition) is 7. The normalized spacial score (nSPS) is 24.2. The van der Waals surface area contributed by atoms with Gasteiger partial charge in [-0.1, -0.05) is 24.0 Å². The molecule has 2 amide bonds. The van der Waals surface area contributed by atoms with Crippen molar-refractivity contribution in [3.8, 4) is 0 Å². The van der Waals surface area contributed by atoms with Gasteiger partial charge in [-0.2, -0.15) is 0 Å². The SMILES string of the molecule is O=C(CCN1C(=O)/C(=C/c2ccco2)SC1=S)N[C@@H]1CCS(=O)(=O)C1. The number of nitrogens with zero attached hydrogens (tertiary/aromatic N) is 1. The van der Waals surface area contributed by atoms with Gasteiger partial charge in [0, 0.05) is 25.1 Å². The molecule has 25 heavy (non-hydrogen) atoms. The van der Waals surface area contributed by atoms with Crippen molar-refractivity contribution in [3.63, 3.8) is 0 Å². The van der Waals surface area contributed by atoms with Crippen molar-refractivity contribution in [1.29, 1.82) is 0 Å². The summed E-state index contributed by atoms with van der Waals surface area (Å²) >= 11 is 6.36. The molecule has 0 spiro atoms.